The van der Waals surface area contributed by atoms with E-state index in [2.05, 4.69) is 12.2 Å². The molecule has 1 N–H and O–H groups in total. The van der Waals surface area contributed by atoms with Crippen LogP contribution in [-0.2, 0) is 9.53 Å². The Labute approximate surface area is 97.3 Å². The molecule has 4 heteroatoms. The number of nitrogens with one attached hydrogen (secondary N) is 1. The van der Waals surface area contributed by atoms with E-state index in [1.54, 1.807) is 0 Å². The molecule has 0 spiro atoms. The molecule has 0 bridgehead atoms. The molecule has 2 heterocycles. The van der Waals surface area contributed by atoms with Gasteiger partial charge in [-0.3, -0.25) is 4.79 Å². The minimum atomic E-state index is 0.190. The average Bonchev–Trinajstić information content (AvgIpc) is 2.75. The van der Waals surface area contributed by atoms with Crippen molar-refractivity contribution < 1.29 is 9.53 Å². The van der Waals surface area contributed by atoms with Crippen LogP contribution >= 0.6 is 0 Å². The number of rotatable bonds is 2. The topological polar surface area (TPSA) is 41.6 Å². The van der Waals surface area contributed by atoms with E-state index in [1.165, 1.54) is 0 Å². The third kappa shape index (κ3) is 2.38. The molecule has 0 aliphatic carbocycles. The molecule has 16 heavy (non-hydrogen) atoms. The minimum Gasteiger partial charge on any atom is -0.376 e. The Morgan fingerprint density at radius 1 is 1.31 bits per heavy atom. The van der Waals surface area contributed by atoms with Gasteiger partial charge in [-0.15, -0.1) is 0 Å². The lowest BCUT2D eigenvalue weighted by Gasteiger charge is -2.32. The Morgan fingerprint density at radius 3 is 2.56 bits per heavy atom. The summed E-state index contributed by atoms with van der Waals surface area (Å²) in [5.41, 5.74) is 0. The van der Waals surface area contributed by atoms with Gasteiger partial charge in [0.25, 0.3) is 0 Å². The molecule has 0 aromatic heterocycles. The highest BCUT2D eigenvalue weighted by molar-refractivity contribution is 5.79. The van der Waals surface area contributed by atoms with Gasteiger partial charge in [0, 0.05) is 19.6 Å². The molecule has 0 radical (unpaired) electrons. The fraction of sp³-hybridized carbons (Fsp3) is 0.917. The van der Waals surface area contributed by atoms with E-state index < -0.39 is 0 Å². The molecule has 92 valence electrons. The van der Waals surface area contributed by atoms with Crippen LogP contribution in [0.3, 0.4) is 0 Å². The number of nitrogens with zero attached hydrogens (tertiary/aromatic N) is 1. The predicted octanol–water partition coefficient (Wildman–Crippen LogP) is 0.622. The second kappa shape index (κ2) is 5.15. The quantitative estimate of drug-likeness (QED) is 0.750. The molecule has 2 aliphatic rings. The molecule has 2 fully saturated rings. The van der Waals surface area contributed by atoms with Gasteiger partial charge in [0.15, 0.2) is 0 Å². The summed E-state index contributed by atoms with van der Waals surface area (Å²) in [6.07, 6.45) is 3.13. The third-order valence-electron chi connectivity index (χ3n) is 3.87. The zero-order valence-electron chi connectivity index (χ0n) is 10.2. The van der Waals surface area contributed by atoms with Crippen LogP contribution in [0.2, 0.25) is 0 Å². The van der Waals surface area contributed by atoms with Crippen molar-refractivity contribution in [1.29, 1.82) is 0 Å². The van der Waals surface area contributed by atoms with Crippen molar-refractivity contribution in [2.45, 2.75) is 38.3 Å². The summed E-state index contributed by atoms with van der Waals surface area (Å²) in [5.74, 6) is 0.530. The van der Waals surface area contributed by atoms with Crippen LogP contribution in [0.15, 0.2) is 0 Å². The van der Waals surface area contributed by atoms with Gasteiger partial charge >= 0.3 is 0 Å². The molecule has 4 nitrogen and oxygen atoms in total. The van der Waals surface area contributed by atoms with E-state index in [0.29, 0.717) is 5.91 Å². The largest absolute Gasteiger partial charge is 0.376 e. The predicted molar refractivity (Wildman–Crippen MR) is 62.2 cm³/mol. The summed E-state index contributed by atoms with van der Waals surface area (Å²) in [7, 11) is 1.93. The Bertz CT molecular complexity index is 251. The molecule has 0 aromatic carbocycles. The number of hydrogen-bond donors (Lipinski definition) is 1. The summed E-state index contributed by atoms with van der Waals surface area (Å²) in [5, 5.41) is 3.29. The summed E-state index contributed by atoms with van der Waals surface area (Å²) in [4.78, 5) is 14.2. The lowest BCUT2D eigenvalue weighted by molar-refractivity contribution is -0.138. The SMILES string of the molecule is CC1OCCC1N(C)C(=O)C1CCNCC1. The van der Waals surface area contributed by atoms with Crippen LogP contribution in [0.1, 0.15) is 26.2 Å². The lowest BCUT2D eigenvalue weighted by atomic mass is 9.95. The maximum absolute atomic E-state index is 12.3. The first kappa shape index (κ1) is 11.9. The first-order valence-corrected chi connectivity index (χ1v) is 6.29. The number of amides is 1. The Hall–Kier alpha value is -0.610. The van der Waals surface area contributed by atoms with Gasteiger partial charge in [-0.1, -0.05) is 0 Å². The molecule has 2 rings (SSSR count). The zero-order chi connectivity index (χ0) is 11.5. The van der Waals surface area contributed by atoms with Crippen LogP contribution in [0.4, 0.5) is 0 Å². The summed E-state index contributed by atoms with van der Waals surface area (Å²) in [6, 6.07) is 0.280. The second-order valence-electron chi connectivity index (χ2n) is 4.91. The molecule has 1 amide bonds. The van der Waals surface area contributed by atoms with Crippen LogP contribution in [0.25, 0.3) is 0 Å². The van der Waals surface area contributed by atoms with E-state index >= 15 is 0 Å². The maximum atomic E-state index is 12.3. The van der Waals surface area contributed by atoms with Crippen molar-refractivity contribution >= 4 is 5.91 Å². The van der Waals surface area contributed by atoms with Crippen LogP contribution in [0.5, 0.6) is 0 Å². The molecule has 2 unspecified atom stereocenters. The summed E-state index contributed by atoms with van der Waals surface area (Å²) < 4.78 is 5.52. The average molecular weight is 226 g/mol. The molecular formula is C12H22N2O2. The normalized spacial score (nSPS) is 31.6. The zero-order valence-corrected chi connectivity index (χ0v) is 10.2. The Kier molecular flexibility index (Phi) is 3.82. The number of carbonyl (C=O) groups is 1. The first-order chi connectivity index (χ1) is 7.70. The van der Waals surface area contributed by atoms with Gasteiger partial charge in [-0.25, -0.2) is 0 Å². The maximum Gasteiger partial charge on any atom is 0.225 e. The van der Waals surface area contributed by atoms with Gasteiger partial charge in [-0.05, 0) is 39.3 Å². The van der Waals surface area contributed by atoms with Gasteiger partial charge in [0.05, 0.1) is 12.1 Å². The molecule has 0 aromatic rings. The number of ether oxygens (including phenoxy) is 1. The first-order valence-electron chi connectivity index (χ1n) is 6.29. The standard InChI is InChI=1S/C12H22N2O2/c1-9-11(5-8-16-9)14(2)12(15)10-3-6-13-7-4-10/h9-11,13H,3-8H2,1-2H3. The van der Waals surface area contributed by atoms with Gasteiger partial charge < -0.3 is 15.0 Å². The van der Waals surface area contributed by atoms with Crippen molar-refractivity contribution in [2.24, 2.45) is 5.92 Å². The van der Waals surface area contributed by atoms with E-state index in [0.717, 1.165) is 39.0 Å². The van der Waals surface area contributed by atoms with E-state index in [1.807, 2.05) is 11.9 Å². The van der Waals surface area contributed by atoms with Crippen molar-refractivity contribution in [1.82, 2.24) is 10.2 Å². The molecule has 2 aliphatic heterocycles. The van der Waals surface area contributed by atoms with Crippen molar-refractivity contribution in [2.75, 3.05) is 26.7 Å². The van der Waals surface area contributed by atoms with Gasteiger partial charge in [-0.2, -0.15) is 0 Å². The van der Waals surface area contributed by atoms with E-state index in [4.69, 9.17) is 4.74 Å². The Balaban J connectivity index is 1.92. The summed E-state index contributed by atoms with van der Waals surface area (Å²) >= 11 is 0. The monoisotopic (exact) mass is 226 g/mol. The van der Waals surface area contributed by atoms with E-state index in [9.17, 15) is 4.79 Å². The highest BCUT2D eigenvalue weighted by Crippen LogP contribution is 2.22. The van der Waals surface area contributed by atoms with Crippen LogP contribution < -0.4 is 5.32 Å². The molecule has 2 saturated heterocycles. The van der Waals surface area contributed by atoms with Crippen LogP contribution in [-0.4, -0.2) is 49.7 Å². The highest BCUT2D eigenvalue weighted by atomic mass is 16.5. The van der Waals surface area contributed by atoms with Crippen LogP contribution in [0, 0.1) is 5.92 Å². The fourth-order valence-corrected chi connectivity index (χ4v) is 2.75. The number of piperidine rings is 1. The van der Waals surface area contributed by atoms with Gasteiger partial charge in [0.2, 0.25) is 5.91 Å². The smallest absolute Gasteiger partial charge is 0.225 e. The van der Waals surface area contributed by atoms with Crippen molar-refractivity contribution in [3.05, 3.63) is 0 Å². The molecule has 2 atom stereocenters. The number of likely N-dealkylation sites (N-methyl/N-ethyl adjacent to an activating group) is 1. The second-order valence-corrected chi connectivity index (χ2v) is 4.91. The highest BCUT2D eigenvalue weighted by Gasteiger charge is 2.33. The summed E-state index contributed by atoms with van der Waals surface area (Å²) in [6.45, 7) is 4.79. The Morgan fingerprint density at radius 2 is 2.00 bits per heavy atom. The van der Waals surface area contributed by atoms with E-state index in [-0.39, 0.29) is 18.1 Å². The minimum absolute atomic E-state index is 0.190. The van der Waals surface area contributed by atoms with Gasteiger partial charge in [0.1, 0.15) is 0 Å². The molecule has 0 saturated carbocycles. The molecular weight excluding hydrogens is 204 g/mol. The number of carbonyl (C=O) groups excluding carboxylic acids is 1. The lowest BCUT2D eigenvalue weighted by Crippen LogP contribution is -2.46. The third-order valence-corrected chi connectivity index (χ3v) is 3.87. The fourth-order valence-electron chi connectivity index (χ4n) is 2.75. The van der Waals surface area contributed by atoms with Crippen molar-refractivity contribution in [3.63, 3.8) is 0 Å². The number of hydrogen-bond acceptors (Lipinski definition) is 3. The van der Waals surface area contributed by atoms with Crippen molar-refractivity contribution in [3.8, 4) is 0 Å².